The first-order valence-electron chi connectivity index (χ1n) is 6.64. The predicted octanol–water partition coefficient (Wildman–Crippen LogP) is 2.88. The molecule has 7 heteroatoms. The largest absolute Gasteiger partial charge is 0.389 e. The van der Waals surface area contributed by atoms with Gasteiger partial charge >= 0.3 is 0 Å². The van der Waals surface area contributed by atoms with Crippen LogP contribution in [0.4, 0.5) is 8.78 Å². The van der Waals surface area contributed by atoms with Crippen molar-refractivity contribution in [3.8, 4) is 0 Å². The van der Waals surface area contributed by atoms with Crippen LogP contribution in [0.25, 0.3) is 0 Å². The summed E-state index contributed by atoms with van der Waals surface area (Å²) in [5.74, 6) is -1.68. The molecular weight excluding hydrogens is 300 g/mol. The van der Waals surface area contributed by atoms with Gasteiger partial charge in [0.05, 0.1) is 0 Å². The number of sulfone groups is 1. The molecule has 3 rings (SSSR count). The normalized spacial score (nSPS) is 22.6. The van der Waals surface area contributed by atoms with Crippen molar-refractivity contribution in [3.63, 3.8) is 0 Å². The number of oxime groups is 1. The van der Waals surface area contributed by atoms with Crippen LogP contribution in [-0.4, -0.2) is 19.1 Å². The van der Waals surface area contributed by atoms with E-state index in [2.05, 4.69) is 5.16 Å². The Morgan fingerprint density at radius 2 is 1.76 bits per heavy atom. The van der Waals surface area contributed by atoms with E-state index in [0.717, 1.165) is 12.1 Å². The first-order valence-corrected chi connectivity index (χ1v) is 8.12. The van der Waals surface area contributed by atoms with Gasteiger partial charge in [-0.3, -0.25) is 0 Å². The molecule has 1 aromatic carbocycles. The average Bonchev–Trinajstić information content (AvgIpc) is 3.08. The summed E-state index contributed by atoms with van der Waals surface area (Å²) in [4.78, 5) is 5.08. The molecule has 1 aliphatic heterocycles. The SMILES string of the molecule is CC1(C)CC(S(=O)(=O)C2(c3c(F)cccc3F)CC2)=NO1. The van der Waals surface area contributed by atoms with Gasteiger partial charge in [-0.15, -0.1) is 0 Å². The highest BCUT2D eigenvalue weighted by Crippen LogP contribution is 2.55. The van der Waals surface area contributed by atoms with E-state index in [1.807, 2.05) is 0 Å². The lowest BCUT2D eigenvalue weighted by molar-refractivity contribution is 0.0123. The van der Waals surface area contributed by atoms with Gasteiger partial charge in [0.25, 0.3) is 0 Å². The topological polar surface area (TPSA) is 55.7 Å². The first kappa shape index (κ1) is 14.4. The molecule has 1 fully saturated rings. The van der Waals surface area contributed by atoms with E-state index in [0.29, 0.717) is 0 Å². The second kappa shape index (κ2) is 4.25. The van der Waals surface area contributed by atoms with Crippen LogP contribution in [0.1, 0.15) is 38.7 Å². The number of rotatable bonds is 2. The zero-order chi connectivity index (χ0) is 15.5. The summed E-state index contributed by atoms with van der Waals surface area (Å²) in [6.45, 7) is 3.42. The van der Waals surface area contributed by atoms with Crippen molar-refractivity contribution in [1.82, 2.24) is 0 Å². The van der Waals surface area contributed by atoms with Gasteiger partial charge in [0.15, 0.2) is 5.04 Å². The van der Waals surface area contributed by atoms with Crippen molar-refractivity contribution in [1.29, 1.82) is 0 Å². The summed E-state index contributed by atoms with van der Waals surface area (Å²) in [5, 5.41) is 3.50. The molecule has 1 heterocycles. The van der Waals surface area contributed by atoms with Crippen LogP contribution < -0.4 is 0 Å². The minimum Gasteiger partial charge on any atom is -0.389 e. The van der Waals surface area contributed by atoms with Crippen LogP contribution in [0, 0.1) is 11.6 Å². The Morgan fingerprint density at radius 1 is 1.19 bits per heavy atom. The maximum Gasteiger partial charge on any atom is 0.205 e. The summed E-state index contributed by atoms with van der Waals surface area (Å²) in [7, 11) is -3.95. The number of halogens is 2. The van der Waals surface area contributed by atoms with Gasteiger partial charge in [0.1, 0.15) is 22.0 Å². The second-order valence-electron chi connectivity index (χ2n) is 6.11. The lowest BCUT2D eigenvalue weighted by Crippen LogP contribution is -2.31. The van der Waals surface area contributed by atoms with E-state index in [1.165, 1.54) is 6.07 Å². The van der Waals surface area contributed by atoms with Crippen molar-refractivity contribution >= 4 is 14.9 Å². The molecule has 21 heavy (non-hydrogen) atoms. The quantitative estimate of drug-likeness (QED) is 0.843. The summed E-state index contributed by atoms with van der Waals surface area (Å²) in [6.07, 6.45) is 0.479. The van der Waals surface area contributed by atoms with E-state index >= 15 is 0 Å². The first-order chi connectivity index (χ1) is 9.70. The monoisotopic (exact) mass is 315 g/mol. The average molecular weight is 315 g/mol. The highest BCUT2D eigenvalue weighted by molar-refractivity contribution is 8.07. The molecule has 0 radical (unpaired) electrons. The fourth-order valence-electron chi connectivity index (χ4n) is 2.67. The van der Waals surface area contributed by atoms with Crippen LogP contribution in [-0.2, 0) is 19.4 Å². The van der Waals surface area contributed by atoms with E-state index in [4.69, 9.17) is 4.84 Å². The van der Waals surface area contributed by atoms with Crippen LogP contribution in [0.3, 0.4) is 0 Å². The smallest absolute Gasteiger partial charge is 0.205 e. The molecular formula is C14H15F2NO3S. The van der Waals surface area contributed by atoms with Gasteiger partial charge in [-0.1, -0.05) is 11.2 Å². The minimum absolute atomic E-state index is 0.104. The van der Waals surface area contributed by atoms with Gasteiger partial charge in [0, 0.05) is 12.0 Å². The molecule has 114 valence electrons. The Hall–Kier alpha value is -1.50. The lowest BCUT2D eigenvalue weighted by atomic mass is 10.1. The molecule has 0 unspecified atom stereocenters. The van der Waals surface area contributed by atoms with Crippen molar-refractivity contribution in [2.24, 2.45) is 5.16 Å². The molecule has 1 aromatic rings. The van der Waals surface area contributed by atoms with Crippen molar-refractivity contribution in [3.05, 3.63) is 35.4 Å². The number of benzene rings is 1. The van der Waals surface area contributed by atoms with Crippen LogP contribution in [0.15, 0.2) is 23.4 Å². The summed E-state index contributed by atoms with van der Waals surface area (Å²) >= 11 is 0. The summed E-state index contributed by atoms with van der Waals surface area (Å²) in [6, 6.07) is 3.37. The van der Waals surface area contributed by atoms with Crippen molar-refractivity contribution < 1.29 is 22.0 Å². The zero-order valence-corrected chi connectivity index (χ0v) is 12.5. The molecule has 2 aliphatic rings. The zero-order valence-electron chi connectivity index (χ0n) is 11.7. The van der Waals surface area contributed by atoms with E-state index in [-0.39, 0.29) is 29.9 Å². The third-order valence-electron chi connectivity index (χ3n) is 3.92. The van der Waals surface area contributed by atoms with Crippen molar-refractivity contribution in [2.45, 2.75) is 43.5 Å². The predicted molar refractivity (Wildman–Crippen MR) is 73.4 cm³/mol. The highest BCUT2D eigenvalue weighted by Gasteiger charge is 2.61. The molecule has 0 aromatic heterocycles. The van der Waals surface area contributed by atoms with Crippen LogP contribution in [0.5, 0.6) is 0 Å². The molecule has 1 aliphatic carbocycles. The molecule has 0 N–H and O–H groups in total. The maximum absolute atomic E-state index is 14.0. The van der Waals surface area contributed by atoms with Crippen LogP contribution in [0.2, 0.25) is 0 Å². The number of hydrogen-bond donors (Lipinski definition) is 0. The van der Waals surface area contributed by atoms with Gasteiger partial charge < -0.3 is 4.84 Å². The second-order valence-corrected chi connectivity index (χ2v) is 8.37. The van der Waals surface area contributed by atoms with Gasteiger partial charge in [0.2, 0.25) is 9.84 Å². The third-order valence-corrected chi connectivity index (χ3v) is 6.40. The fourth-order valence-corrected chi connectivity index (χ4v) is 4.90. The number of hydrogen-bond acceptors (Lipinski definition) is 4. The Bertz CT molecular complexity index is 716. The number of nitrogens with zero attached hydrogens (tertiary/aromatic N) is 1. The fraction of sp³-hybridized carbons (Fsp3) is 0.500. The van der Waals surface area contributed by atoms with Gasteiger partial charge in [-0.2, -0.15) is 0 Å². The highest BCUT2D eigenvalue weighted by atomic mass is 32.2. The molecule has 0 spiro atoms. The molecule has 1 saturated carbocycles. The molecule has 0 atom stereocenters. The standard InChI is InChI=1S/C14H15F2NO3S/c1-13(2)8-11(17-20-13)21(18,19)14(6-7-14)12-9(15)4-3-5-10(12)16/h3-5H,6-8H2,1-2H3. The Kier molecular flexibility index (Phi) is 2.92. The van der Waals surface area contributed by atoms with E-state index < -0.39 is 31.8 Å². The summed E-state index contributed by atoms with van der Waals surface area (Å²) < 4.78 is 52.0. The van der Waals surface area contributed by atoms with Gasteiger partial charge in [-0.05, 0) is 38.8 Å². The lowest BCUT2D eigenvalue weighted by Gasteiger charge is -2.18. The summed E-state index contributed by atoms with van der Waals surface area (Å²) in [5.41, 5.74) is -1.09. The Labute approximate surface area is 121 Å². The van der Waals surface area contributed by atoms with Crippen molar-refractivity contribution in [2.75, 3.05) is 0 Å². The molecule has 4 nitrogen and oxygen atoms in total. The van der Waals surface area contributed by atoms with Gasteiger partial charge in [-0.25, -0.2) is 17.2 Å². The maximum atomic E-state index is 14.0. The minimum atomic E-state index is -3.95. The Balaban J connectivity index is 2.08. The Morgan fingerprint density at radius 3 is 2.19 bits per heavy atom. The third kappa shape index (κ3) is 2.06. The molecule has 0 amide bonds. The van der Waals surface area contributed by atoms with E-state index in [1.54, 1.807) is 13.8 Å². The molecule has 0 bridgehead atoms. The van der Waals surface area contributed by atoms with Crippen LogP contribution >= 0.6 is 0 Å². The van der Waals surface area contributed by atoms with E-state index in [9.17, 15) is 17.2 Å². The molecule has 0 saturated heterocycles.